The van der Waals surface area contributed by atoms with E-state index in [0.29, 0.717) is 5.92 Å². The van der Waals surface area contributed by atoms with E-state index in [4.69, 9.17) is 4.74 Å². The second-order valence-corrected chi connectivity index (χ2v) is 4.58. The molecule has 0 saturated carbocycles. The number of ether oxygens (including phenoxy) is 1. The van der Waals surface area contributed by atoms with Crippen LogP contribution < -0.4 is 0 Å². The van der Waals surface area contributed by atoms with Crippen LogP contribution in [0.3, 0.4) is 0 Å². The monoisotopic (exact) mass is 240 g/mol. The van der Waals surface area contributed by atoms with Gasteiger partial charge in [0.15, 0.2) is 5.78 Å². The quantitative estimate of drug-likeness (QED) is 0.466. The molecule has 0 aromatic heterocycles. The van der Waals surface area contributed by atoms with E-state index in [-0.39, 0.29) is 11.7 Å². The lowest BCUT2D eigenvalue weighted by Gasteiger charge is -2.20. The molecule has 0 aliphatic rings. The minimum Gasteiger partial charge on any atom is -0.500 e. The molecule has 2 nitrogen and oxygen atoms in total. The lowest BCUT2D eigenvalue weighted by molar-refractivity contribution is -0.119. The third-order valence-corrected chi connectivity index (χ3v) is 3.67. The smallest absolute Gasteiger partial charge is 0.164 e. The first-order valence-corrected chi connectivity index (χ1v) is 6.86. The summed E-state index contributed by atoms with van der Waals surface area (Å²) >= 11 is 0. The highest BCUT2D eigenvalue weighted by atomic mass is 16.5. The topological polar surface area (TPSA) is 26.3 Å². The van der Waals surface area contributed by atoms with Gasteiger partial charge in [0, 0.05) is 17.4 Å². The summed E-state index contributed by atoms with van der Waals surface area (Å²) in [6.07, 6.45) is 3.86. The minimum absolute atomic E-state index is 0.148. The SMILES string of the molecule is CCC(CC)C(=O)/C(C)=C(\OC)C(CC)CC. The molecule has 2 heteroatoms. The summed E-state index contributed by atoms with van der Waals surface area (Å²) in [5, 5.41) is 0. The van der Waals surface area contributed by atoms with Crippen molar-refractivity contribution < 1.29 is 9.53 Å². The van der Waals surface area contributed by atoms with E-state index in [1.54, 1.807) is 7.11 Å². The summed E-state index contributed by atoms with van der Waals surface area (Å²) in [6, 6.07) is 0. The zero-order valence-electron chi connectivity index (χ0n) is 12.3. The van der Waals surface area contributed by atoms with Crippen molar-refractivity contribution in [3.63, 3.8) is 0 Å². The Kier molecular flexibility index (Phi) is 7.94. The Morgan fingerprint density at radius 1 is 0.941 bits per heavy atom. The average molecular weight is 240 g/mol. The van der Waals surface area contributed by atoms with E-state index in [2.05, 4.69) is 27.7 Å². The Labute approximate surface area is 106 Å². The molecule has 0 N–H and O–H groups in total. The van der Waals surface area contributed by atoms with E-state index >= 15 is 0 Å². The van der Waals surface area contributed by atoms with Crippen LogP contribution in [0.1, 0.15) is 60.3 Å². The molecule has 0 rings (SSSR count). The molecular weight excluding hydrogens is 212 g/mol. The van der Waals surface area contributed by atoms with Gasteiger partial charge in [-0.05, 0) is 32.6 Å². The van der Waals surface area contributed by atoms with Crippen molar-refractivity contribution in [2.24, 2.45) is 11.8 Å². The molecule has 0 atom stereocenters. The molecule has 0 aromatic rings. The highest BCUT2D eigenvalue weighted by molar-refractivity contribution is 5.97. The summed E-state index contributed by atoms with van der Waals surface area (Å²) in [5.74, 6) is 1.68. The van der Waals surface area contributed by atoms with Crippen molar-refractivity contribution >= 4 is 5.78 Å². The fraction of sp³-hybridized carbons (Fsp3) is 0.800. The molecule has 0 spiro atoms. The zero-order chi connectivity index (χ0) is 13.4. The predicted octanol–water partition coefficient (Wildman–Crippen LogP) is 4.35. The summed E-state index contributed by atoms with van der Waals surface area (Å²) < 4.78 is 5.48. The molecule has 0 unspecified atom stereocenters. The standard InChI is InChI=1S/C15H28O2/c1-7-12(8-2)14(16)11(5)15(17-6)13(9-3)10-4/h12-13H,7-10H2,1-6H3/b15-11-. The van der Waals surface area contributed by atoms with E-state index in [1.165, 1.54) is 0 Å². The normalized spacial score (nSPS) is 12.9. The number of Topliss-reactive ketones (excluding diaryl/α,β-unsaturated/α-hetero) is 1. The van der Waals surface area contributed by atoms with E-state index in [9.17, 15) is 4.79 Å². The molecule has 0 bridgehead atoms. The van der Waals surface area contributed by atoms with Crippen LogP contribution in [0.4, 0.5) is 0 Å². The van der Waals surface area contributed by atoms with Crippen LogP contribution in [0.15, 0.2) is 11.3 Å². The van der Waals surface area contributed by atoms with Crippen LogP contribution in [0.25, 0.3) is 0 Å². The number of methoxy groups -OCH3 is 1. The maximum atomic E-state index is 12.3. The zero-order valence-corrected chi connectivity index (χ0v) is 12.3. The van der Waals surface area contributed by atoms with E-state index in [0.717, 1.165) is 37.0 Å². The van der Waals surface area contributed by atoms with E-state index < -0.39 is 0 Å². The first-order valence-electron chi connectivity index (χ1n) is 6.86. The average Bonchev–Trinajstić information content (AvgIpc) is 2.36. The maximum absolute atomic E-state index is 12.3. The lowest BCUT2D eigenvalue weighted by atomic mass is 9.89. The van der Waals surface area contributed by atoms with E-state index in [1.807, 2.05) is 6.92 Å². The van der Waals surface area contributed by atoms with Gasteiger partial charge in [0.1, 0.15) is 5.76 Å². The number of carbonyl (C=O) groups is 1. The number of allylic oxidation sites excluding steroid dienone is 2. The van der Waals surface area contributed by atoms with Crippen molar-refractivity contribution in [2.45, 2.75) is 60.3 Å². The Morgan fingerprint density at radius 2 is 1.35 bits per heavy atom. The number of ketones is 1. The summed E-state index contributed by atoms with van der Waals surface area (Å²) in [7, 11) is 1.68. The fourth-order valence-corrected chi connectivity index (χ4v) is 2.37. The van der Waals surface area contributed by atoms with Gasteiger partial charge in [0.25, 0.3) is 0 Å². The molecular formula is C15H28O2. The predicted molar refractivity (Wildman–Crippen MR) is 72.9 cm³/mol. The fourth-order valence-electron chi connectivity index (χ4n) is 2.37. The number of hydrogen-bond acceptors (Lipinski definition) is 2. The van der Waals surface area contributed by atoms with Gasteiger partial charge in [-0.15, -0.1) is 0 Å². The van der Waals surface area contributed by atoms with Gasteiger partial charge >= 0.3 is 0 Å². The van der Waals surface area contributed by atoms with Crippen molar-refractivity contribution in [1.29, 1.82) is 0 Å². The molecule has 0 amide bonds. The third-order valence-electron chi connectivity index (χ3n) is 3.67. The maximum Gasteiger partial charge on any atom is 0.164 e. The Hall–Kier alpha value is -0.790. The van der Waals surface area contributed by atoms with Gasteiger partial charge in [-0.3, -0.25) is 4.79 Å². The Morgan fingerprint density at radius 3 is 1.65 bits per heavy atom. The summed E-state index contributed by atoms with van der Waals surface area (Å²) in [5.41, 5.74) is 0.829. The molecule has 0 heterocycles. The highest BCUT2D eigenvalue weighted by Gasteiger charge is 2.22. The van der Waals surface area contributed by atoms with Crippen LogP contribution in [0, 0.1) is 11.8 Å². The van der Waals surface area contributed by atoms with Gasteiger partial charge in [0.05, 0.1) is 7.11 Å². The van der Waals surface area contributed by atoms with Crippen LogP contribution in [-0.4, -0.2) is 12.9 Å². The molecule has 0 saturated heterocycles. The van der Waals surface area contributed by atoms with Gasteiger partial charge < -0.3 is 4.74 Å². The molecule has 0 fully saturated rings. The number of carbonyl (C=O) groups excluding carboxylic acids is 1. The molecule has 0 radical (unpaired) electrons. The molecule has 0 aliphatic carbocycles. The van der Waals surface area contributed by atoms with Crippen LogP contribution in [-0.2, 0) is 9.53 Å². The minimum atomic E-state index is 0.148. The van der Waals surface area contributed by atoms with Crippen molar-refractivity contribution in [1.82, 2.24) is 0 Å². The van der Waals surface area contributed by atoms with Crippen LogP contribution in [0.5, 0.6) is 0 Å². The second kappa shape index (κ2) is 8.32. The molecule has 100 valence electrons. The largest absolute Gasteiger partial charge is 0.500 e. The molecule has 0 aromatic carbocycles. The summed E-state index contributed by atoms with van der Waals surface area (Å²) in [4.78, 5) is 12.3. The highest BCUT2D eigenvalue weighted by Crippen LogP contribution is 2.26. The molecule has 0 aliphatic heterocycles. The first-order chi connectivity index (χ1) is 8.06. The third kappa shape index (κ3) is 4.18. The molecule has 17 heavy (non-hydrogen) atoms. The van der Waals surface area contributed by atoms with Crippen molar-refractivity contribution in [2.75, 3.05) is 7.11 Å². The lowest BCUT2D eigenvalue weighted by Crippen LogP contribution is -2.18. The van der Waals surface area contributed by atoms with Crippen LogP contribution >= 0.6 is 0 Å². The Bertz CT molecular complexity index is 258. The number of rotatable bonds is 8. The van der Waals surface area contributed by atoms with Gasteiger partial charge in [-0.25, -0.2) is 0 Å². The number of hydrogen-bond donors (Lipinski definition) is 0. The first kappa shape index (κ1) is 16.2. The van der Waals surface area contributed by atoms with Gasteiger partial charge in [-0.2, -0.15) is 0 Å². The van der Waals surface area contributed by atoms with Crippen LogP contribution in [0.2, 0.25) is 0 Å². The second-order valence-electron chi connectivity index (χ2n) is 4.58. The van der Waals surface area contributed by atoms with Gasteiger partial charge in [0.2, 0.25) is 0 Å². The summed E-state index contributed by atoms with van der Waals surface area (Å²) in [6.45, 7) is 10.3. The Balaban J connectivity index is 5.14. The van der Waals surface area contributed by atoms with Gasteiger partial charge in [-0.1, -0.05) is 27.7 Å². The van der Waals surface area contributed by atoms with Crippen molar-refractivity contribution in [3.05, 3.63) is 11.3 Å². The van der Waals surface area contributed by atoms with Crippen molar-refractivity contribution in [3.8, 4) is 0 Å².